The molecule has 2 N–H and O–H groups in total. The lowest BCUT2D eigenvalue weighted by Gasteiger charge is -2.23. The van der Waals surface area contributed by atoms with Crippen molar-refractivity contribution in [3.8, 4) is 5.75 Å². The molecule has 25 heavy (non-hydrogen) atoms. The Morgan fingerprint density at radius 3 is 2.08 bits per heavy atom. The summed E-state index contributed by atoms with van der Waals surface area (Å²) in [5.74, 6) is -1.76. The standard InChI is InChI=1S/C20H30O5/c1-3-5-6-7-8-15-25-17-11-9-16(10-12-17)13-14-20(4-2,18(21)22)19(23)24/h9-12H,3-8,13-15H2,1-2H3,(H,21,22)(H,23,24). The lowest BCUT2D eigenvalue weighted by Crippen LogP contribution is -2.39. The minimum Gasteiger partial charge on any atom is -0.494 e. The number of ether oxygens (including phenoxy) is 1. The Labute approximate surface area is 150 Å². The molecular formula is C20H30O5. The van der Waals surface area contributed by atoms with Gasteiger partial charge in [-0.3, -0.25) is 9.59 Å². The van der Waals surface area contributed by atoms with E-state index in [1.165, 1.54) is 25.7 Å². The quantitative estimate of drug-likeness (QED) is 0.403. The Balaban J connectivity index is 2.48. The van der Waals surface area contributed by atoms with Crippen molar-refractivity contribution in [3.05, 3.63) is 29.8 Å². The van der Waals surface area contributed by atoms with Crippen molar-refractivity contribution in [1.29, 1.82) is 0 Å². The van der Waals surface area contributed by atoms with E-state index < -0.39 is 17.4 Å². The average Bonchev–Trinajstić information content (AvgIpc) is 2.59. The van der Waals surface area contributed by atoms with Crippen LogP contribution in [0.5, 0.6) is 5.75 Å². The molecule has 0 fully saturated rings. The van der Waals surface area contributed by atoms with E-state index in [2.05, 4.69) is 6.92 Å². The van der Waals surface area contributed by atoms with Crippen molar-refractivity contribution in [2.24, 2.45) is 5.41 Å². The smallest absolute Gasteiger partial charge is 0.321 e. The van der Waals surface area contributed by atoms with Gasteiger partial charge in [-0.05, 0) is 43.4 Å². The van der Waals surface area contributed by atoms with Crippen molar-refractivity contribution < 1.29 is 24.5 Å². The molecule has 0 aliphatic heterocycles. The van der Waals surface area contributed by atoms with Crippen LogP contribution < -0.4 is 4.74 Å². The van der Waals surface area contributed by atoms with Gasteiger partial charge in [0.05, 0.1) is 6.61 Å². The number of unbranched alkanes of at least 4 members (excludes halogenated alkanes) is 4. The van der Waals surface area contributed by atoms with E-state index in [1.54, 1.807) is 6.92 Å². The van der Waals surface area contributed by atoms with Crippen LogP contribution in [-0.4, -0.2) is 28.8 Å². The third kappa shape index (κ3) is 6.40. The summed E-state index contributed by atoms with van der Waals surface area (Å²) < 4.78 is 5.70. The molecule has 1 aromatic carbocycles. The van der Waals surface area contributed by atoms with Crippen LogP contribution in [0.15, 0.2) is 24.3 Å². The fraction of sp³-hybridized carbons (Fsp3) is 0.600. The highest BCUT2D eigenvalue weighted by molar-refractivity contribution is 5.98. The Morgan fingerprint density at radius 1 is 0.960 bits per heavy atom. The minimum atomic E-state index is -1.71. The minimum absolute atomic E-state index is 0.0664. The van der Waals surface area contributed by atoms with Gasteiger partial charge in [0.25, 0.3) is 0 Å². The normalized spacial score (nSPS) is 11.3. The van der Waals surface area contributed by atoms with Crippen molar-refractivity contribution in [3.63, 3.8) is 0 Å². The van der Waals surface area contributed by atoms with Crippen LogP contribution >= 0.6 is 0 Å². The Hall–Kier alpha value is -2.04. The maximum atomic E-state index is 11.4. The largest absolute Gasteiger partial charge is 0.494 e. The summed E-state index contributed by atoms with van der Waals surface area (Å²) in [5.41, 5.74) is -0.802. The average molecular weight is 350 g/mol. The molecule has 0 aliphatic carbocycles. The van der Waals surface area contributed by atoms with Crippen LogP contribution in [0, 0.1) is 5.41 Å². The van der Waals surface area contributed by atoms with Gasteiger partial charge in [-0.2, -0.15) is 0 Å². The summed E-state index contributed by atoms with van der Waals surface area (Å²) >= 11 is 0. The summed E-state index contributed by atoms with van der Waals surface area (Å²) in [7, 11) is 0. The second-order valence-corrected chi connectivity index (χ2v) is 6.45. The van der Waals surface area contributed by atoms with Crippen LogP contribution in [0.2, 0.25) is 0 Å². The SMILES string of the molecule is CCCCCCCOc1ccc(CCC(CC)(C(=O)O)C(=O)O)cc1. The molecule has 0 saturated carbocycles. The van der Waals surface area contributed by atoms with E-state index in [0.717, 1.165) is 17.7 Å². The van der Waals surface area contributed by atoms with Gasteiger partial charge in [0, 0.05) is 0 Å². The van der Waals surface area contributed by atoms with Gasteiger partial charge in [0.2, 0.25) is 0 Å². The molecule has 0 radical (unpaired) electrons. The van der Waals surface area contributed by atoms with Crippen molar-refractivity contribution in [2.45, 2.75) is 65.2 Å². The molecule has 0 bridgehead atoms. The maximum absolute atomic E-state index is 11.4. The number of aliphatic carboxylic acids is 2. The van der Waals surface area contributed by atoms with E-state index in [4.69, 9.17) is 4.74 Å². The first-order valence-electron chi connectivity index (χ1n) is 9.14. The van der Waals surface area contributed by atoms with Gasteiger partial charge in [-0.25, -0.2) is 0 Å². The van der Waals surface area contributed by atoms with Crippen molar-refractivity contribution >= 4 is 11.9 Å². The van der Waals surface area contributed by atoms with Crippen molar-refractivity contribution in [1.82, 2.24) is 0 Å². The molecule has 140 valence electrons. The summed E-state index contributed by atoms with van der Waals surface area (Å²) in [6.45, 7) is 4.48. The maximum Gasteiger partial charge on any atom is 0.321 e. The lowest BCUT2D eigenvalue weighted by atomic mass is 9.80. The van der Waals surface area contributed by atoms with Crippen LogP contribution in [0.25, 0.3) is 0 Å². The van der Waals surface area contributed by atoms with Gasteiger partial charge in [-0.1, -0.05) is 51.7 Å². The molecule has 1 aromatic rings. The third-order valence-electron chi connectivity index (χ3n) is 4.70. The third-order valence-corrected chi connectivity index (χ3v) is 4.70. The van der Waals surface area contributed by atoms with Crippen LogP contribution in [0.3, 0.4) is 0 Å². The molecular weight excluding hydrogens is 320 g/mol. The molecule has 0 aromatic heterocycles. The molecule has 0 atom stereocenters. The van der Waals surface area contributed by atoms with Crippen molar-refractivity contribution in [2.75, 3.05) is 6.61 Å². The monoisotopic (exact) mass is 350 g/mol. The molecule has 0 heterocycles. The zero-order valence-corrected chi connectivity index (χ0v) is 15.3. The highest BCUT2D eigenvalue weighted by Crippen LogP contribution is 2.29. The molecule has 5 heteroatoms. The topological polar surface area (TPSA) is 83.8 Å². The Kier molecular flexibility index (Phi) is 9.03. The van der Waals surface area contributed by atoms with Gasteiger partial charge in [0.15, 0.2) is 5.41 Å². The van der Waals surface area contributed by atoms with E-state index in [-0.39, 0.29) is 12.8 Å². The van der Waals surface area contributed by atoms with E-state index in [0.29, 0.717) is 13.0 Å². The molecule has 1 rings (SSSR count). The number of carboxylic acids is 2. The van der Waals surface area contributed by atoms with Gasteiger partial charge in [-0.15, -0.1) is 0 Å². The summed E-state index contributed by atoms with van der Waals surface area (Å²) in [6.07, 6.45) is 6.50. The fourth-order valence-electron chi connectivity index (χ4n) is 2.79. The predicted octanol–water partition coefficient (Wildman–Crippen LogP) is 4.53. The molecule has 0 amide bonds. The van der Waals surface area contributed by atoms with E-state index in [9.17, 15) is 19.8 Å². The number of carboxylic acid groups (broad SMARTS) is 2. The van der Waals surface area contributed by atoms with E-state index in [1.807, 2.05) is 24.3 Å². The first-order valence-corrected chi connectivity index (χ1v) is 9.14. The van der Waals surface area contributed by atoms with Gasteiger partial charge >= 0.3 is 11.9 Å². The molecule has 0 unspecified atom stereocenters. The summed E-state index contributed by atoms with van der Waals surface area (Å²) in [6, 6.07) is 7.46. The number of benzene rings is 1. The number of aryl methyl sites for hydroxylation is 1. The number of rotatable bonds is 13. The molecule has 0 saturated heterocycles. The zero-order chi connectivity index (χ0) is 18.7. The fourth-order valence-corrected chi connectivity index (χ4v) is 2.79. The molecule has 0 spiro atoms. The Morgan fingerprint density at radius 2 is 1.56 bits per heavy atom. The van der Waals surface area contributed by atoms with Gasteiger partial charge < -0.3 is 14.9 Å². The van der Waals surface area contributed by atoms with Crippen LogP contribution in [0.4, 0.5) is 0 Å². The second kappa shape index (κ2) is 10.7. The number of carbonyl (C=O) groups is 2. The molecule has 0 aliphatic rings. The van der Waals surface area contributed by atoms with Crippen LogP contribution in [0.1, 0.15) is 64.4 Å². The Bertz CT molecular complexity index is 522. The van der Waals surface area contributed by atoms with Gasteiger partial charge in [0.1, 0.15) is 5.75 Å². The number of hydrogen-bond donors (Lipinski definition) is 2. The highest BCUT2D eigenvalue weighted by Gasteiger charge is 2.44. The first kappa shape index (κ1) is 21.0. The lowest BCUT2D eigenvalue weighted by molar-refractivity contribution is -0.165. The summed E-state index contributed by atoms with van der Waals surface area (Å²) in [4.78, 5) is 22.8. The van der Waals surface area contributed by atoms with Crippen LogP contribution in [-0.2, 0) is 16.0 Å². The molecule has 5 nitrogen and oxygen atoms in total. The number of hydrogen-bond acceptors (Lipinski definition) is 3. The van der Waals surface area contributed by atoms with E-state index >= 15 is 0 Å². The zero-order valence-electron chi connectivity index (χ0n) is 15.3. The highest BCUT2D eigenvalue weighted by atomic mass is 16.5. The first-order chi connectivity index (χ1) is 12.0. The predicted molar refractivity (Wildman–Crippen MR) is 97.0 cm³/mol. The summed E-state index contributed by atoms with van der Waals surface area (Å²) in [5, 5.41) is 18.6. The second-order valence-electron chi connectivity index (χ2n) is 6.45.